The van der Waals surface area contributed by atoms with Crippen LogP contribution in [0.2, 0.25) is 0 Å². The first-order valence-corrected chi connectivity index (χ1v) is 5.83. The maximum Gasteiger partial charge on any atom is 0.239 e. The molecule has 5 nitrogen and oxygen atoms in total. The topological polar surface area (TPSA) is 84.2 Å². The molecule has 0 heterocycles. The van der Waals surface area contributed by atoms with E-state index in [2.05, 4.69) is 10.6 Å². The quantitative estimate of drug-likeness (QED) is 0.732. The molecule has 1 rings (SSSR count). The molecule has 1 unspecified atom stereocenters. The van der Waals surface area contributed by atoms with Crippen molar-refractivity contribution >= 4 is 17.5 Å². The van der Waals surface area contributed by atoms with Gasteiger partial charge in [-0.3, -0.25) is 14.9 Å². The third-order valence-electron chi connectivity index (χ3n) is 2.35. The summed E-state index contributed by atoms with van der Waals surface area (Å²) in [6.45, 7) is 5.34. The van der Waals surface area contributed by atoms with Crippen molar-refractivity contribution in [3.05, 3.63) is 29.8 Å². The summed E-state index contributed by atoms with van der Waals surface area (Å²) in [5.74, 6) is -0.550. The lowest BCUT2D eigenvalue weighted by Crippen LogP contribution is -2.37. The highest BCUT2D eigenvalue weighted by atomic mass is 16.2. The summed E-state index contributed by atoms with van der Waals surface area (Å²) in [6, 6.07) is 6.67. The van der Waals surface area contributed by atoms with Crippen LogP contribution in [0, 0.1) is 0 Å². The maximum absolute atomic E-state index is 11.4. The second kappa shape index (κ2) is 6.16. The Labute approximate surface area is 107 Å². The van der Waals surface area contributed by atoms with Crippen LogP contribution in [0.15, 0.2) is 24.3 Å². The van der Waals surface area contributed by atoms with Gasteiger partial charge in [-0.2, -0.15) is 0 Å². The van der Waals surface area contributed by atoms with Crippen LogP contribution in [-0.2, 0) is 9.59 Å². The minimum absolute atomic E-state index is 0.130. The van der Waals surface area contributed by atoms with Crippen LogP contribution in [0.1, 0.15) is 32.4 Å². The van der Waals surface area contributed by atoms with Crippen LogP contribution >= 0.6 is 0 Å². The van der Waals surface area contributed by atoms with Gasteiger partial charge in [0.25, 0.3) is 0 Å². The van der Waals surface area contributed by atoms with E-state index < -0.39 is 11.9 Å². The van der Waals surface area contributed by atoms with E-state index in [1.807, 2.05) is 13.8 Å². The number of carbonyl (C=O) groups excluding carboxylic acids is 2. The largest absolute Gasteiger partial charge is 0.368 e. The van der Waals surface area contributed by atoms with Gasteiger partial charge in [0.05, 0.1) is 0 Å². The van der Waals surface area contributed by atoms with Crippen molar-refractivity contribution in [3.8, 4) is 0 Å². The molecule has 0 saturated heterocycles. The Morgan fingerprint density at radius 3 is 2.11 bits per heavy atom. The van der Waals surface area contributed by atoms with Crippen LogP contribution in [-0.4, -0.2) is 17.9 Å². The average molecular weight is 249 g/mol. The maximum atomic E-state index is 11.4. The monoisotopic (exact) mass is 249 g/mol. The molecule has 0 fully saturated rings. The number of nitrogens with two attached hydrogens (primary N) is 1. The van der Waals surface area contributed by atoms with Crippen molar-refractivity contribution in [1.82, 2.24) is 5.32 Å². The summed E-state index contributed by atoms with van der Waals surface area (Å²) in [7, 11) is 0. The molecule has 0 aromatic heterocycles. The van der Waals surface area contributed by atoms with E-state index in [-0.39, 0.29) is 11.9 Å². The third kappa shape index (κ3) is 4.18. The van der Waals surface area contributed by atoms with Gasteiger partial charge in [0.2, 0.25) is 11.8 Å². The van der Waals surface area contributed by atoms with Gasteiger partial charge in [-0.25, -0.2) is 0 Å². The molecule has 0 aliphatic heterocycles. The van der Waals surface area contributed by atoms with Crippen molar-refractivity contribution < 1.29 is 9.59 Å². The summed E-state index contributed by atoms with van der Waals surface area (Å²) >= 11 is 0. The van der Waals surface area contributed by atoms with Crippen LogP contribution < -0.4 is 16.4 Å². The van der Waals surface area contributed by atoms with Gasteiger partial charge in [0.1, 0.15) is 6.04 Å². The predicted octanol–water partition coefficient (Wildman–Crippen LogP) is 1.17. The van der Waals surface area contributed by atoms with Crippen molar-refractivity contribution in [2.75, 3.05) is 5.32 Å². The molecule has 1 aromatic rings. The summed E-state index contributed by atoms with van der Waals surface area (Å²) in [4.78, 5) is 22.3. The van der Waals surface area contributed by atoms with E-state index in [0.717, 1.165) is 5.56 Å². The first-order chi connectivity index (χ1) is 8.40. The van der Waals surface area contributed by atoms with Crippen LogP contribution in [0.5, 0.6) is 0 Å². The van der Waals surface area contributed by atoms with Gasteiger partial charge in [-0.05, 0) is 31.5 Å². The van der Waals surface area contributed by atoms with Gasteiger partial charge < -0.3 is 11.1 Å². The molecule has 0 saturated carbocycles. The number of primary amides is 1. The van der Waals surface area contributed by atoms with E-state index >= 15 is 0 Å². The normalized spacial score (nSPS) is 12.2. The number of hydrogen-bond acceptors (Lipinski definition) is 3. The molecule has 0 bridgehead atoms. The molecule has 1 aromatic carbocycles. The zero-order chi connectivity index (χ0) is 13.7. The van der Waals surface area contributed by atoms with E-state index in [1.54, 1.807) is 24.3 Å². The second-order valence-electron chi connectivity index (χ2n) is 4.46. The molecule has 0 aliphatic carbocycles. The minimum atomic E-state index is -0.517. The fourth-order valence-electron chi connectivity index (χ4n) is 1.64. The first-order valence-electron chi connectivity index (χ1n) is 5.83. The van der Waals surface area contributed by atoms with Crippen LogP contribution in [0.3, 0.4) is 0 Å². The Morgan fingerprint density at radius 1 is 1.17 bits per heavy atom. The molecule has 0 spiro atoms. The zero-order valence-corrected chi connectivity index (χ0v) is 10.9. The molecule has 98 valence electrons. The summed E-state index contributed by atoms with van der Waals surface area (Å²) in [6.07, 6.45) is 0. The molecule has 1 atom stereocenters. The van der Waals surface area contributed by atoms with Crippen LogP contribution in [0.25, 0.3) is 0 Å². The molecule has 18 heavy (non-hydrogen) atoms. The summed E-state index contributed by atoms with van der Waals surface area (Å²) in [5.41, 5.74) is 6.84. The number of hydrogen-bond donors (Lipinski definition) is 3. The average Bonchev–Trinajstić information content (AvgIpc) is 2.26. The number of nitrogens with one attached hydrogen (secondary N) is 2. The molecular weight excluding hydrogens is 230 g/mol. The minimum Gasteiger partial charge on any atom is -0.368 e. The molecule has 2 amide bonds. The van der Waals surface area contributed by atoms with Crippen molar-refractivity contribution in [2.24, 2.45) is 5.73 Å². The number of carbonyl (C=O) groups is 2. The Hall–Kier alpha value is -1.88. The Kier molecular flexibility index (Phi) is 4.85. The smallest absolute Gasteiger partial charge is 0.239 e. The number of anilines is 1. The molecule has 0 aliphatic rings. The van der Waals surface area contributed by atoms with E-state index in [4.69, 9.17) is 5.73 Å². The van der Waals surface area contributed by atoms with Crippen molar-refractivity contribution in [2.45, 2.75) is 32.9 Å². The fourth-order valence-corrected chi connectivity index (χ4v) is 1.64. The standard InChI is InChI=1S/C13H19N3O2/c1-8(2)15-12(13(14)18)10-4-6-11(7-5-10)16-9(3)17/h4-8,12,15H,1-3H3,(H2,14,18)(H,16,17). The molecule has 0 radical (unpaired) electrons. The molecule has 4 N–H and O–H groups in total. The van der Waals surface area contributed by atoms with Crippen molar-refractivity contribution in [3.63, 3.8) is 0 Å². The number of amides is 2. The highest BCUT2D eigenvalue weighted by molar-refractivity contribution is 5.88. The Bertz CT molecular complexity index is 426. The molecular formula is C13H19N3O2. The Balaban J connectivity index is 2.86. The highest BCUT2D eigenvalue weighted by Crippen LogP contribution is 2.17. The second-order valence-corrected chi connectivity index (χ2v) is 4.46. The highest BCUT2D eigenvalue weighted by Gasteiger charge is 2.18. The van der Waals surface area contributed by atoms with E-state index in [1.165, 1.54) is 6.92 Å². The number of rotatable bonds is 5. The first kappa shape index (κ1) is 14.2. The van der Waals surface area contributed by atoms with E-state index in [9.17, 15) is 9.59 Å². The molecule has 5 heteroatoms. The zero-order valence-electron chi connectivity index (χ0n) is 10.9. The van der Waals surface area contributed by atoms with Gasteiger partial charge in [0.15, 0.2) is 0 Å². The van der Waals surface area contributed by atoms with Crippen molar-refractivity contribution in [1.29, 1.82) is 0 Å². The lowest BCUT2D eigenvalue weighted by atomic mass is 10.1. The Morgan fingerprint density at radius 2 is 1.72 bits per heavy atom. The predicted molar refractivity (Wildman–Crippen MR) is 71.0 cm³/mol. The third-order valence-corrected chi connectivity index (χ3v) is 2.35. The SMILES string of the molecule is CC(=O)Nc1ccc(C(NC(C)C)C(N)=O)cc1. The summed E-state index contributed by atoms with van der Waals surface area (Å²) in [5, 5.41) is 5.76. The van der Waals surface area contributed by atoms with Gasteiger partial charge in [-0.1, -0.05) is 12.1 Å². The van der Waals surface area contributed by atoms with Gasteiger partial charge in [-0.15, -0.1) is 0 Å². The van der Waals surface area contributed by atoms with Gasteiger partial charge in [0, 0.05) is 18.7 Å². The van der Waals surface area contributed by atoms with Gasteiger partial charge >= 0.3 is 0 Å². The van der Waals surface area contributed by atoms with E-state index in [0.29, 0.717) is 5.69 Å². The number of benzene rings is 1. The van der Waals surface area contributed by atoms with Crippen LogP contribution in [0.4, 0.5) is 5.69 Å². The fraction of sp³-hybridized carbons (Fsp3) is 0.385. The lowest BCUT2D eigenvalue weighted by Gasteiger charge is -2.18. The summed E-state index contributed by atoms with van der Waals surface area (Å²) < 4.78 is 0. The lowest BCUT2D eigenvalue weighted by molar-refractivity contribution is -0.120.